The van der Waals surface area contributed by atoms with Crippen LogP contribution in [0.1, 0.15) is 30.6 Å². The van der Waals surface area contributed by atoms with E-state index in [1.165, 1.54) is 14.2 Å². The molecule has 27 heavy (non-hydrogen) atoms. The predicted molar refractivity (Wildman–Crippen MR) is 104 cm³/mol. The SMILES string of the molecule is COc1cccc(OC)c1C(=O)N[C@@H](CC(C)C)C(=O)N1CCN(C)CC1. The number of piperazine rings is 1. The van der Waals surface area contributed by atoms with E-state index >= 15 is 0 Å². The van der Waals surface area contributed by atoms with Gasteiger partial charge in [-0.2, -0.15) is 0 Å². The van der Waals surface area contributed by atoms with Gasteiger partial charge in [-0.25, -0.2) is 0 Å². The second-order valence-corrected chi connectivity index (χ2v) is 7.32. The minimum absolute atomic E-state index is 0.0287. The molecule has 1 N–H and O–H groups in total. The van der Waals surface area contributed by atoms with E-state index in [2.05, 4.69) is 10.2 Å². The Bertz CT molecular complexity index is 632. The summed E-state index contributed by atoms with van der Waals surface area (Å²) in [5, 5.41) is 2.92. The number of hydrogen-bond acceptors (Lipinski definition) is 5. The summed E-state index contributed by atoms with van der Waals surface area (Å²) < 4.78 is 10.6. The molecule has 7 heteroatoms. The number of likely N-dealkylation sites (N-methyl/N-ethyl adjacent to an activating group) is 1. The molecule has 1 atom stereocenters. The number of nitrogens with one attached hydrogen (secondary N) is 1. The number of amides is 2. The lowest BCUT2D eigenvalue weighted by Gasteiger charge is -2.35. The Morgan fingerprint density at radius 3 is 2.11 bits per heavy atom. The first-order chi connectivity index (χ1) is 12.9. The van der Waals surface area contributed by atoms with Crippen molar-refractivity contribution >= 4 is 11.8 Å². The molecule has 0 radical (unpaired) electrons. The second kappa shape index (κ2) is 9.60. The van der Waals surface area contributed by atoms with Gasteiger partial charge >= 0.3 is 0 Å². The Hall–Kier alpha value is -2.28. The first kappa shape index (κ1) is 21.0. The number of ether oxygens (including phenoxy) is 2. The van der Waals surface area contributed by atoms with Crippen molar-refractivity contribution in [2.75, 3.05) is 47.4 Å². The Kier molecular flexibility index (Phi) is 7.47. The molecule has 1 aromatic carbocycles. The lowest BCUT2D eigenvalue weighted by molar-refractivity contribution is -0.135. The van der Waals surface area contributed by atoms with Crippen LogP contribution in [-0.4, -0.2) is 75.1 Å². The molecule has 1 aliphatic rings. The highest BCUT2D eigenvalue weighted by atomic mass is 16.5. The van der Waals surface area contributed by atoms with Crippen molar-refractivity contribution in [3.05, 3.63) is 23.8 Å². The number of benzene rings is 1. The maximum absolute atomic E-state index is 13.0. The molecule has 0 aliphatic carbocycles. The van der Waals surface area contributed by atoms with Crippen molar-refractivity contribution in [3.8, 4) is 11.5 Å². The molecule has 150 valence electrons. The fourth-order valence-corrected chi connectivity index (χ4v) is 3.25. The Morgan fingerprint density at radius 1 is 1.07 bits per heavy atom. The quantitative estimate of drug-likeness (QED) is 0.782. The first-order valence-corrected chi connectivity index (χ1v) is 9.36. The molecular formula is C20H31N3O4. The average Bonchev–Trinajstić information content (AvgIpc) is 2.66. The third kappa shape index (κ3) is 5.35. The van der Waals surface area contributed by atoms with Gasteiger partial charge in [-0.1, -0.05) is 19.9 Å². The van der Waals surface area contributed by atoms with Gasteiger partial charge < -0.3 is 24.6 Å². The third-order valence-electron chi connectivity index (χ3n) is 4.78. The number of carbonyl (C=O) groups is 2. The van der Waals surface area contributed by atoms with E-state index in [0.29, 0.717) is 36.6 Å². The minimum Gasteiger partial charge on any atom is -0.496 e. The van der Waals surface area contributed by atoms with Crippen LogP contribution >= 0.6 is 0 Å². The maximum Gasteiger partial charge on any atom is 0.259 e. The molecule has 0 saturated carbocycles. The third-order valence-corrected chi connectivity index (χ3v) is 4.78. The summed E-state index contributed by atoms with van der Waals surface area (Å²) in [7, 11) is 5.06. The molecule has 1 fully saturated rings. The predicted octanol–water partition coefficient (Wildman–Crippen LogP) is 1.62. The van der Waals surface area contributed by atoms with E-state index in [9.17, 15) is 9.59 Å². The van der Waals surface area contributed by atoms with E-state index in [1.54, 1.807) is 18.2 Å². The number of nitrogens with zero attached hydrogens (tertiary/aromatic N) is 2. The van der Waals surface area contributed by atoms with Crippen LogP contribution in [0.4, 0.5) is 0 Å². The van der Waals surface area contributed by atoms with Crippen molar-refractivity contribution in [3.63, 3.8) is 0 Å². The van der Waals surface area contributed by atoms with E-state index in [1.807, 2.05) is 25.8 Å². The summed E-state index contributed by atoms with van der Waals surface area (Å²) in [6.07, 6.45) is 0.578. The van der Waals surface area contributed by atoms with Crippen molar-refractivity contribution in [1.82, 2.24) is 15.1 Å². The van der Waals surface area contributed by atoms with Crippen LogP contribution in [0.15, 0.2) is 18.2 Å². The summed E-state index contributed by atoms with van der Waals surface area (Å²) in [6, 6.07) is 4.60. The molecule has 0 spiro atoms. The fourth-order valence-electron chi connectivity index (χ4n) is 3.25. The molecule has 1 heterocycles. The van der Waals surface area contributed by atoms with Crippen LogP contribution in [-0.2, 0) is 4.79 Å². The number of carbonyl (C=O) groups excluding carboxylic acids is 2. The van der Waals surface area contributed by atoms with E-state index in [-0.39, 0.29) is 17.7 Å². The minimum atomic E-state index is -0.574. The lowest BCUT2D eigenvalue weighted by atomic mass is 10.0. The average molecular weight is 377 g/mol. The van der Waals surface area contributed by atoms with Gasteiger partial charge in [0.2, 0.25) is 5.91 Å². The second-order valence-electron chi connectivity index (χ2n) is 7.32. The topological polar surface area (TPSA) is 71.1 Å². The molecule has 7 nitrogen and oxygen atoms in total. The maximum atomic E-state index is 13.0. The van der Waals surface area contributed by atoms with Crippen molar-refractivity contribution < 1.29 is 19.1 Å². The lowest BCUT2D eigenvalue weighted by Crippen LogP contribution is -2.54. The van der Waals surface area contributed by atoms with Gasteiger partial charge in [0.25, 0.3) is 5.91 Å². The Balaban J connectivity index is 2.21. The largest absolute Gasteiger partial charge is 0.496 e. The van der Waals surface area contributed by atoms with Crippen LogP contribution in [0.3, 0.4) is 0 Å². The fraction of sp³-hybridized carbons (Fsp3) is 0.600. The van der Waals surface area contributed by atoms with Crippen molar-refractivity contribution in [1.29, 1.82) is 0 Å². The molecule has 1 aromatic rings. The zero-order valence-corrected chi connectivity index (χ0v) is 16.9. The molecule has 1 saturated heterocycles. The highest BCUT2D eigenvalue weighted by molar-refractivity contribution is 6.02. The molecule has 2 amide bonds. The summed E-state index contributed by atoms with van der Waals surface area (Å²) in [5.74, 6) is 0.715. The molecule has 0 unspecified atom stereocenters. The number of methoxy groups -OCH3 is 2. The smallest absolute Gasteiger partial charge is 0.259 e. The van der Waals surface area contributed by atoms with Crippen LogP contribution in [0.25, 0.3) is 0 Å². The highest BCUT2D eigenvalue weighted by Crippen LogP contribution is 2.28. The van der Waals surface area contributed by atoms with Gasteiger partial charge in [-0.15, -0.1) is 0 Å². The van der Waals surface area contributed by atoms with E-state index in [4.69, 9.17) is 9.47 Å². The zero-order chi connectivity index (χ0) is 20.0. The molecule has 1 aliphatic heterocycles. The zero-order valence-electron chi connectivity index (χ0n) is 16.9. The monoisotopic (exact) mass is 377 g/mol. The van der Waals surface area contributed by atoms with Gasteiger partial charge in [0.15, 0.2) is 0 Å². The Labute approximate surface area is 161 Å². The number of hydrogen-bond donors (Lipinski definition) is 1. The summed E-state index contributed by atoms with van der Waals surface area (Å²) in [4.78, 5) is 30.1. The summed E-state index contributed by atoms with van der Waals surface area (Å²) in [6.45, 7) is 7.12. The summed E-state index contributed by atoms with van der Waals surface area (Å²) >= 11 is 0. The van der Waals surface area contributed by atoms with Crippen molar-refractivity contribution in [2.24, 2.45) is 5.92 Å². The van der Waals surface area contributed by atoms with Crippen LogP contribution in [0.5, 0.6) is 11.5 Å². The van der Waals surface area contributed by atoms with E-state index < -0.39 is 6.04 Å². The first-order valence-electron chi connectivity index (χ1n) is 9.36. The molecular weight excluding hydrogens is 346 g/mol. The normalized spacial score (nSPS) is 16.1. The van der Waals surface area contributed by atoms with Gasteiger partial charge in [0.1, 0.15) is 23.1 Å². The summed E-state index contributed by atoms with van der Waals surface area (Å²) in [5.41, 5.74) is 0.308. The van der Waals surface area contributed by atoms with Crippen LogP contribution in [0, 0.1) is 5.92 Å². The van der Waals surface area contributed by atoms with Gasteiger partial charge in [0.05, 0.1) is 14.2 Å². The molecule has 0 bridgehead atoms. The number of rotatable bonds is 7. The molecule has 0 aromatic heterocycles. The van der Waals surface area contributed by atoms with Gasteiger partial charge in [-0.05, 0) is 31.5 Å². The molecule has 2 rings (SSSR count). The van der Waals surface area contributed by atoms with Gasteiger partial charge in [-0.3, -0.25) is 9.59 Å². The van der Waals surface area contributed by atoms with E-state index in [0.717, 1.165) is 13.1 Å². The standard InChI is InChI=1S/C20H31N3O4/c1-14(2)13-15(20(25)23-11-9-22(3)10-12-23)21-19(24)18-16(26-4)7-6-8-17(18)27-5/h6-8,14-15H,9-13H2,1-5H3,(H,21,24)/t15-/m0/s1. The van der Waals surface area contributed by atoms with Gasteiger partial charge in [0, 0.05) is 26.2 Å². The van der Waals surface area contributed by atoms with Crippen molar-refractivity contribution in [2.45, 2.75) is 26.3 Å². The van der Waals surface area contributed by atoms with Crippen LogP contribution < -0.4 is 14.8 Å². The van der Waals surface area contributed by atoms with Crippen LogP contribution in [0.2, 0.25) is 0 Å². The Morgan fingerprint density at radius 2 is 1.63 bits per heavy atom. The highest BCUT2D eigenvalue weighted by Gasteiger charge is 2.30.